The van der Waals surface area contributed by atoms with Crippen molar-refractivity contribution in [3.63, 3.8) is 0 Å². The summed E-state index contributed by atoms with van der Waals surface area (Å²) in [5, 5.41) is 28.4. The lowest BCUT2D eigenvalue weighted by Crippen LogP contribution is -1.86. The largest absolute Gasteiger partial charge is 0.182 e. The van der Waals surface area contributed by atoms with Gasteiger partial charge >= 0.3 is 0 Å². The summed E-state index contributed by atoms with van der Waals surface area (Å²) < 4.78 is 0. The number of hydrogen-bond donors (Lipinski definition) is 0. The minimum Gasteiger partial charge on any atom is -0.145 e. The first-order valence-electron chi connectivity index (χ1n) is 3.87. The smallest absolute Gasteiger partial charge is 0.145 e. The Labute approximate surface area is 98.7 Å². The van der Waals surface area contributed by atoms with Gasteiger partial charge in [0.05, 0.1) is 12.4 Å². The molecule has 2 aromatic heterocycles. The molecule has 0 spiro atoms. The molecule has 0 unspecified atom stereocenters. The molecule has 0 aliphatic rings. The van der Waals surface area contributed by atoms with Gasteiger partial charge in [-0.3, -0.25) is 0 Å². The topological polar surface area (TPSA) is 102 Å². The fraction of sp³-hybridized carbons (Fsp3) is 0. The van der Waals surface area contributed by atoms with Gasteiger partial charge in [-0.25, -0.2) is 0 Å². The Hall–Kier alpha value is -1.80. The molecule has 10 heteroatoms. The van der Waals surface area contributed by atoms with Crippen LogP contribution >= 0.6 is 23.2 Å². The van der Waals surface area contributed by atoms with Gasteiger partial charge in [0, 0.05) is 0 Å². The van der Waals surface area contributed by atoms with Gasteiger partial charge in [-0.05, 0) is 10.4 Å². The van der Waals surface area contributed by atoms with Crippen molar-refractivity contribution < 1.29 is 0 Å². The second kappa shape index (κ2) is 4.81. The van der Waals surface area contributed by atoms with E-state index < -0.39 is 0 Å². The molecule has 0 radical (unpaired) electrons. The van der Waals surface area contributed by atoms with Crippen LogP contribution < -0.4 is 0 Å². The van der Waals surface area contributed by atoms with Gasteiger partial charge in [-0.2, -0.15) is 0 Å². The second-order valence-electron chi connectivity index (χ2n) is 2.42. The first kappa shape index (κ1) is 10.7. The van der Waals surface area contributed by atoms with Crippen LogP contribution in [0.15, 0.2) is 22.6 Å². The molecule has 0 aliphatic heterocycles. The minimum atomic E-state index is 0.0878. The Morgan fingerprint density at radius 2 is 1.25 bits per heavy atom. The van der Waals surface area contributed by atoms with Gasteiger partial charge in [0.1, 0.15) is 11.4 Å². The molecule has 2 rings (SSSR count). The van der Waals surface area contributed by atoms with E-state index in [9.17, 15) is 0 Å². The average molecular weight is 257 g/mol. The molecule has 0 fully saturated rings. The van der Waals surface area contributed by atoms with Crippen molar-refractivity contribution in [1.82, 2.24) is 30.8 Å². The predicted molar refractivity (Wildman–Crippen MR) is 53.9 cm³/mol. The van der Waals surface area contributed by atoms with Crippen LogP contribution in [0.5, 0.6) is 0 Å². The summed E-state index contributed by atoms with van der Waals surface area (Å²) in [7, 11) is 0. The summed E-state index contributed by atoms with van der Waals surface area (Å²) >= 11 is 11.4. The van der Waals surface area contributed by atoms with E-state index in [0.717, 1.165) is 0 Å². The molecule has 0 N–H and O–H groups in total. The molecule has 16 heavy (non-hydrogen) atoms. The van der Waals surface area contributed by atoms with E-state index >= 15 is 0 Å². The van der Waals surface area contributed by atoms with Crippen molar-refractivity contribution in [1.29, 1.82) is 0 Å². The molecule has 0 aromatic carbocycles. The van der Waals surface area contributed by atoms with Crippen LogP contribution in [0.3, 0.4) is 0 Å². The zero-order valence-electron chi connectivity index (χ0n) is 7.49. The maximum atomic E-state index is 5.69. The first-order chi connectivity index (χ1) is 7.77. The van der Waals surface area contributed by atoms with Crippen molar-refractivity contribution in [2.75, 3.05) is 0 Å². The highest BCUT2D eigenvalue weighted by Gasteiger charge is 2.02. The molecule has 2 heterocycles. The second-order valence-corrected chi connectivity index (χ2v) is 3.14. The van der Waals surface area contributed by atoms with Crippen molar-refractivity contribution in [3.8, 4) is 0 Å². The van der Waals surface area contributed by atoms with E-state index in [1.54, 1.807) is 0 Å². The van der Waals surface area contributed by atoms with Gasteiger partial charge in [0.25, 0.3) is 0 Å². The van der Waals surface area contributed by atoms with Crippen LogP contribution in [-0.4, -0.2) is 30.8 Å². The Balaban J connectivity index is 2.29. The monoisotopic (exact) mass is 256 g/mol. The zero-order valence-corrected chi connectivity index (χ0v) is 9.00. The minimum absolute atomic E-state index is 0.0878. The van der Waals surface area contributed by atoms with Crippen LogP contribution in [-0.2, 0) is 0 Å². The number of rotatable bonds is 2. The summed E-state index contributed by atoms with van der Waals surface area (Å²) in [5.41, 5.74) is 0.536. The van der Waals surface area contributed by atoms with Crippen LogP contribution in [0.2, 0.25) is 10.3 Å². The molecule has 0 saturated carbocycles. The lowest BCUT2D eigenvalue weighted by atomic mass is 10.6. The zero-order chi connectivity index (χ0) is 11.4. The van der Waals surface area contributed by atoms with Crippen molar-refractivity contribution in [3.05, 3.63) is 22.7 Å². The SMILES string of the molecule is Clc1nnncc1N=Nc1cnnnc1Cl. The van der Waals surface area contributed by atoms with Crippen LogP contribution in [0.4, 0.5) is 11.4 Å². The number of aromatic nitrogens is 6. The van der Waals surface area contributed by atoms with Crippen molar-refractivity contribution in [2.45, 2.75) is 0 Å². The summed E-state index contributed by atoms with van der Waals surface area (Å²) in [5.74, 6) is 0. The van der Waals surface area contributed by atoms with E-state index in [-0.39, 0.29) is 21.7 Å². The highest BCUT2D eigenvalue weighted by molar-refractivity contribution is 6.32. The van der Waals surface area contributed by atoms with Crippen LogP contribution in [0.1, 0.15) is 0 Å². The lowest BCUT2D eigenvalue weighted by molar-refractivity contribution is 0.855. The standard InChI is InChI=1S/C6H2Cl2N8/c7-5-3(1-9-15-13-5)11-12-4-2-10-16-14-6(4)8/h1-2H. The molecule has 80 valence electrons. The Bertz CT molecular complexity index is 482. The third kappa shape index (κ3) is 2.41. The van der Waals surface area contributed by atoms with Crippen LogP contribution in [0.25, 0.3) is 0 Å². The van der Waals surface area contributed by atoms with Gasteiger partial charge in [0.15, 0.2) is 10.3 Å². The first-order valence-corrected chi connectivity index (χ1v) is 4.62. The molecule has 0 amide bonds. The molecular weight excluding hydrogens is 255 g/mol. The number of azo groups is 1. The van der Waals surface area contributed by atoms with Crippen molar-refractivity contribution >= 4 is 34.6 Å². The van der Waals surface area contributed by atoms with E-state index in [2.05, 4.69) is 41.0 Å². The third-order valence-electron chi connectivity index (χ3n) is 1.42. The predicted octanol–water partition coefficient (Wildman–Crippen LogP) is 1.78. The maximum Gasteiger partial charge on any atom is 0.182 e. The Kier molecular flexibility index (Phi) is 3.22. The van der Waals surface area contributed by atoms with E-state index in [1.807, 2.05) is 0 Å². The normalized spacial score (nSPS) is 10.9. The summed E-state index contributed by atoms with van der Waals surface area (Å²) in [4.78, 5) is 0. The Morgan fingerprint density at radius 1 is 0.812 bits per heavy atom. The summed E-state index contributed by atoms with van der Waals surface area (Å²) in [6, 6.07) is 0. The maximum absolute atomic E-state index is 5.69. The molecule has 0 saturated heterocycles. The van der Waals surface area contributed by atoms with Gasteiger partial charge in [-0.1, -0.05) is 23.2 Å². The molecule has 2 aromatic rings. The van der Waals surface area contributed by atoms with E-state index in [0.29, 0.717) is 0 Å². The quantitative estimate of drug-likeness (QED) is 0.759. The molecule has 0 atom stereocenters. The fourth-order valence-corrected chi connectivity index (χ4v) is 0.983. The molecule has 8 nitrogen and oxygen atoms in total. The highest BCUT2D eigenvalue weighted by Crippen LogP contribution is 2.25. The molecular formula is C6H2Cl2N8. The highest BCUT2D eigenvalue weighted by atomic mass is 35.5. The van der Waals surface area contributed by atoms with Gasteiger partial charge in [-0.15, -0.1) is 30.6 Å². The molecule has 0 aliphatic carbocycles. The molecule has 0 bridgehead atoms. The van der Waals surface area contributed by atoms with E-state index in [4.69, 9.17) is 23.2 Å². The van der Waals surface area contributed by atoms with Gasteiger partial charge in [0.2, 0.25) is 0 Å². The van der Waals surface area contributed by atoms with Crippen LogP contribution in [0, 0.1) is 0 Å². The average Bonchev–Trinajstić information content (AvgIpc) is 2.30. The number of halogens is 2. The fourth-order valence-electron chi connectivity index (χ4n) is 0.742. The van der Waals surface area contributed by atoms with E-state index in [1.165, 1.54) is 12.4 Å². The third-order valence-corrected chi connectivity index (χ3v) is 1.95. The van der Waals surface area contributed by atoms with Crippen molar-refractivity contribution in [2.24, 2.45) is 10.2 Å². The number of nitrogens with zero attached hydrogens (tertiary/aromatic N) is 8. The Morgan fingerprint density at radius 3 is 1.62 bits per heavy atom. The number of hydrogen-bond acceptors (Lipinski definition) is 8. The lowest BCUT2D eigenvalue weighted by Gasteiger charge is -1.93. The summed E-state index contributed by atoms with van der Waals surface area (Å²) in [6.45, 7) is 0. The summed E-state index contributed by atoms with van der Waals surface area (Å²) in [6.07, 6.45) is 2.63. The van der Waals surface area contributed by atoms with Gasteiger partial charge < -0.3 is 0 Å².